The molecule has 3 rings (SSSR count). The molecule has 9 heteroatoms. The zero-order valence-corrected chi connectivity index (χ0v) is 15.6. The van der Waals surface area contributed by atoms with Gasteiger partial charge in [-0.1, -0.05) is 24.3 Å². The number of tetrazole rings is 1. The van der Waals surface area contributed by atoms with Gasteiger partial charge in [-0.05, 0) is 47.2 Å². The smallest absolute Gasteiger partial charge is 0.368 e. The van der Waals surface area contributed by atoms with Gasteiger partial charge in [0.25, 0.3) is 0 Å². The Hall–Kier alpha value is -3.49. The number of likely N-dealkylation sites (N-methyl/N-ethyl adjacent to an activating group) is 1. The molecule has 0 aliphatic heterocycles. The fraction of sp³-hybridized carbons (Fsp3) is 0.263. The second kappa shape index (κ2) is 8.47. The lowest BCUT2D eigenvalue weighted by molar-refractivity contribution is -0.132. The maximum atomic E-state index is 13.9. The van der Waals surface area contributed by atoms with E-state index >= 15 is 0 Å². The third kappa shape index (κ3) is 4.08. The summed E-state index contributed by atoms with van der Waals surface area (Å²) in [4.78, 5) is 26.6. The first-order valence-electron chi connectivity index (χ1n) is 8.72. The molecule has 0 fully saturated rings. The summed E-state index contributed by atoms with van der Waals surface area (Å²) in [6.45, 7) is 2.16. The Kier molecular flexibility index (Phi) is 5.83. The topological polar surface area (TPSA) is 82.2 Å². The molecule has 8 nitrogen and oxygen atoms in total. The summed E-state index contributed by atoms with van der Waals surface area (Å²) in [5, 5.41) is 7.61. The second-order valence-corrected chi connectivity index (χ2v) is 6.04. The molecule has 0 saturated heterocycles. The van der Waals surface area contributed by atoms with Gasteiger partial charge < -0.3 is 9.64 Å². The summed E-state index contributed by atoms with van der Waals surface area (Å²) >= 11 is 0. The number of carbonyl (C=O) groups excluding carboxylic acids is 1. The quantitative estimate of drug-likeness (QED) is 0.617. The minimum absolute atomic E-state index is 0.141. The van der Waals surface area contributed by atoms with E-state index < -0.39 is 11.5 Å². The lowest BCUT2D eigenvalue weighted by Gasteiger charge is -2.21. The third-order valence-electron chi connectivity index (χ3n) is 4.25. The van der Waals surface area contributed by atoms with Gasteiger partial charge in [-0.2, -0.15) is 9.36 Å². The van der Waals surface area contributed by atoms with Crippen molar-refractivity contribution in [1.29, 1.82) is 0 Å². The number of carbonyl (C=O) groups is 1. The van der Waals surface area contributed by atoms with Crippen LogP contribution in [0.2, 0.25) is 0 Å². The predicted molar refractivity (Wildman–Crippen MR) is 99.7 cm³/mol. The van der Waals surface area contributed by atoms with Crippen molar-refractivity contribution in [2.45, 2.75) is 20.0 Å². The average molecular weight is 385 g/mol. The minimum Gasteiger partial charge on any atom is -0.494 e. The van der Waals surface area contributed by atoms with E-state index in [-0.39, 0.29) is 24.7 Å². The molecular weight excluding hydrogens is 365 g/mol. The Morgan fingerprint density at radius 2 is 1.93 bits per heavy atom. The van der Waals surface area contributed by atoms with Crippen LogP contribution < -0.4 is 10.4 Å². The molecular formula is C19H20FN5O3. The molecule has 0 spiro atoms. The average Bonchev–Trinajstić information content (AvgIpc) is 3.07. The van der Waals surface area contributed by atoms with Crippen LogP contribution in [0.4, 0.5) is 4.39 Å². The molecule has 3 aromatic rings. The molecule has 0 atom stereocenters. The van der Waals surface area contributed by atoms with Crippen LogP contribution in [-0.2, 0) is 17.9 Å². The lowest BCUT2D eigenvalue weighted by Crippen LogP contribution is -2.36. The SMILES string of the molecule is CCN(Cc1ccc(OC)c(F)c1)C(=O)Cn1nnn(-c2ccccc2)c1=O. The van der Waals surface area contributed by atoms with E-state index in [2.05, 4.69) is 10.4 Å². The van der Waals surface area contributed by atoms with Crippen LogP contribution in [0.15, 0.2) is 53.3 Å². The highest BCUT2D eigenvalue weighted by molar-refractivity contribution is 5.75. The first-order valence-corrected chi connectivity index (χ1v) is 8.72. The van der Waals surface area contributed by atoms with Gasteiger partial charge in [0.1, 0.15) is 6.54 Å². The summed E-state index contributed by atoms with van der Waals surface area (Å²) < 4.78 is 20.9. The highest BCUT2D eigenvalue weighted by atomic mass is 19.1. The van der Waals surface area contributed by atoms with Crippen LogP contribution in [0.25, 0.3) is 5.69 Å². The lowest BCUT2D eigenvalue weighted by atomic mass is 10.2. The maximum absolute atomic E-state index is 13.9. The van der Waals surface area contributed by atoms with E-state index in [9.17, 15) is 14.0 Å². The van der Waals surface area contributed by atoms with E-state index in [1.165, 1.54) is 24.1 Å². The molecule has 0 radical (unpaired) electrons. The molecule has 0 aliphatic carbocycles. The first kappa shape index (κ1) is 19.3. The van der Waals surface area contributed by atoms with E-state index in [1.807, 2.05) is 6.07 Å². The number of aromatic nitrogens is 4. The molecule has 28 heavy (non-hydrogen) atoms. The van der Waals surface area contributed by atoms with Gasteiger partial charge in [-0.15, -0.1) is 0 Å². The van der Waals surface area contributed by atoms with Gasteiger partial charge in [0.2, 0.25) is 5.91 Å². The van der Waals surface area contributed by atoms with Gasteiger partial charge in [0.15, 0.2) is 11.6 Å². The van der Waals surface area contributed by atoms with Gasteiger partial charge in [-0.25, -0.2) is 9.18 Å². The molecule has 0 aliphatic rings. The Balaban J connectivity index is 1.73. The van der Waals surface area contributed by atoms with Crippen LogP contribution >= 0.6 is 0 Å². The van der Waals surface area contributed by atoms with Gasteiger partial charge in [-0.3, -0.25) is 4.79 Å². The largest absolute Gasteiger partial charge is 0.494 e. The number of rotatable bonds is 7. The molecule has 1 amide bonds. The molecule has 0 saturated carbocycles. The summed E-state index contributed by atoms with van der Waals surface area (Å²) in [6.07, 6.45) is 0. The molecule has 2 aromatic carbocycles. The van der Waals surface area contributed by atoms with Gasteiger partial charge >= 0.3 is 5.69 Å². The second-order valence-electron chi connectivity index (χ2n) is 6.04. The third-order valence-corrected chi connectivity index (χ3v) is 4.25. The zero-order chi connectivity index (χ0) is 20.1. The summed E-state index contributed by atoms with van der Waals surface area (Å²) in [5.74, 6) is -0.673. The van der Waals surface area contributed by atoms with E-state index in [0.717, 1.165) is 9.36 Å². The van der Waals surface area contributed by atoms with E-state index in [4.69, 9.17) is 4.74 Å². The van der Waals surface area contributed by atoms with Crippen LogP contribution in [0, 0.1) is 5.82 Å². The van der Waals surface area contributed by atoms with Gasteiger partial charge in [0.05, 0.1) is 12.8 Å². The highest BCUT2D eigenvalue weighted by Crippen LogP contribution is 2.18. The van der Waals surface area contributed by atoms with Crippen molar-refractivity contribution in [2.24, 2.45) is 0 Å². The maximum Gasteiger partial charge on any atom is 0.368 e. The number of hydrogen-bond acceptors (Lipinski definition) is 5. The summed E-state index contributed by atoms with van der Waals surface area (Å²) in [6, 6.07) is 13.3. The van der Waals surface area contributed by atoms with Crippen LogP contribution in [0.3, 0.4) is 0 Å². The van der Waals surface area contributed by atoms with Crippen molar-refractivity contribution in [3.8, 4) is 11.4 Å². The van der Waals surface area contributed by atoms with E-state index in [1.54, 1.807) is 37.3 Å². The zero-order valence-electron chi connectivity index (χ0n) is 15.6. The fourth-order valence-electron chi connectivity index (χ4n) is 2.74. The van der Waals surface area contributed by atoms with Crippen LogP contribution in [0.1, 0.15) is 12.5 Å². The minimum atomic E-state index is -0.508. The normalized spacial score (nSPS) is 10.7. The Labute approximate surface area is 160 Å². The van der Waals surface area contributed by atoms with Crippen LogP contribution in [0.5, 0.6) is 5.75 Å². The number of hydrogen-bond donors (Lipinski definition) is 0. The van der Waals surface area contributed by atoms with Crippen molar-refractivity contribution >= 4 is 5.91 Å². The Bertz CT molecular complexity index is 1020. The van der Waals surface area contributed by atoms with Crippen molar-refractivity contribution in [1.82, 2.24) is 24.7 Å². The number of nitrogens with zero attached hydrogens (tertiary/aromatic N) is 5. The number of methoxy groups -OCH3 is 1. The predicted octanol–water partition coefficient (Wildman–Crippen LogP) is 1.63. The molecule has 0 N–H and O–H groups in total. The summed E-state index contributed by atoms with van der Waals surface area (Å²) in [5.41, 5.74) is 0.673. The number of benzene rings is 2. The van der Waals surface area contributed by atoms with Crippen molar-refractivity contribution < 1.29 is 13.9 Å². The first-order chi connectivity index (χ1) is 13.5. The standard InChI is InChI=1S/C19H20FN5O3/c1-3-23(12-14-9-10-17(28-2)16(20)11-14)18(26)13-24-19(27)25(22-21-24)15-7-5-4-6-8-15/h4-11H,3,12-13H2,1-2H3. The number of ether oxygens (including phenoxy) is 1. The molecule has 0 unspecified atom stereocenters. The monoisotopic (exact) mass is 385 g/mol. The van der Waals surface area contributed by atoms with Crippen LogP contribution in [-0.4, -0.2) is 44.3 Å². The fourth-order valence-corrected chi connectivity index (χ4v) is 2.74. The van der Waals surface area contributed by atoms with Crippen molar-refractivity contribution in [2.75, 3.05) is 13.7 Å². The number of amides is 1. The Morgan fingerprint density at radius 3 is 2.57 bits per heavy atom. The molecule has 1 aromatic heterocycles. The number of para-hydroxylation sites is 1. The Morgan fingerprint density at radius 1 is 1.18 bits per heavy atom. The number of halogens is 1. The van der Waals surface area contributed by atoms with Gasteiger partial charge in [0, 0.05) is 13.1 Å². The van der Waals surface area contributed by atoms with E-state index in [0.29, 0.717) is 17.8 Å². The molecule has 146 valence electrons. The summed E-state index contributed by atoms with van der Waals surface area (Å²) in [7, 11) is 1.39. The van der Waals surface area contributed by atoms with Crippen molar-refractivity contribution in [3.05, 3.63) is 70.4 Å². The molecule has 1 heterocycles. The van der Waals surface area contributed by atoms with Crippen molar-refractivity contribution in [3.63, 3.8) is 0 Å². The molecule has 0 bridgehead atoms. The highest BCUT2D eigenvalue weighted by Gasteiger charge is 2.17.